The van der Waals surface area contributed by atoms with E-state index >= 15 is 0 Å². The van der Waals surface area contributed by atoms with E-state index in [1.54, 1.807) is 24.3 Å². The first-order valence-electron chi connectivity index (χ1n) is 7.64. The van der Waals surface area contributed by atoms with Crippen LogP contribution in [0.25, 0.3) is 6.08 Å². The number of hydrogen-bond donors (Lipinski definition) is 1. The molecule has 0 radical (unpaired) electrons. The third kappa shape index (κ3) is 5.62. The van der Waals surface area contributed by atoms with E-state index in [1.165, 1.54) is 38.5 Å². The molecule has 1 N–H and O–H groups in total. The van der Waals surface area contributed by atoms with Crippen LogP contribution in [0.15, 0.2) is 48.5 Å². The Balaban J connectivity index is 1.87. The summed E-state index contributed by atoms with van der Waals surface area (Å²) in [6.45, 7) is -0.471. The molecule has 0 saturated heterocycles. The smallest absolute Gasteiger partial charge is 0.331 e. The van der Waals surface area contributed by atoms with Crippen molar-refractivity contribution in [3.05, 3.63) is 59.9 Å². The van der Waals surface area contributed by atoms with Crippen molar-refractivity contribution < 1.29 is 28.2 Å². The maximum atomic E-state index is 13.0. The van der Waals surface area contributed by atoms with Gasteiger partial charge in [0.25, 0.3) is 5.91 Å². The number of benzene rings is 2. The fraction of sp³-hybridized carbons (Fsp3) is 0.158. The summed E-state index contributed by atoms with van der Waals surface area (Å²) in [5.41, 5.74) is 0.930. The van der Waals surface area contributed by atoms with E-state index in [9.17, 15) is 14.0 Å². The third-order valence-electron chi connectivity index (χ3n) is 3.29. The minimum absolute atomic E-state index is 0.409. The van der Waals surface area contributed by atoms with Crippen molar-refractivity contribution in [3.8, 4) is 11.5 Å². The Bertz CT molecular complexity index is 819. The zero-order chi connectivity index (χ0) is 18.9. The van der Waals surface area contributed by atoms with Crippen LogP contribution in [-0.2, 0) is 14.3 Å². The van der Waals surface area contributed by atoms with Crippen molar-refractivity contribution in [3.63, 3.8) is 0 Å². The van der Waals surface area contributed by atoms with Crippen LogP contribution >= 0.6 is 0 Å². The summed E-state index contributed by atoms with van der Waals surface area (Å²) in [6, 6.07) is 10.6. The van der Waals surface area contributed by atoms with Crippen LogP contribution in [0, 0.1) is 5.82 Å². The van der Waals surface area contributed by atoms with Crippen molar-refractivity contribution in [2.24, 2.45) is 0 Å². The van der Waals surface area contributed by atoms with E-state index in [2.05, 4.69) is 5.32 Å². The Hall–Kier alpha value is -3.35. The highest BCUT2D eigenvalue weighted by Crippen LogP contribution is 2.28. The van der Waals surface area contributed by atoms with E-state index in [0.717, 1.165) is 6.08 Å². The normalized spacial score (nSPS) is 10.4. The van der Waals surface area contributed by atoms with E-state index in [1.807, 2.05) is 0 Å². The molecular formula is C19H18FNO5. The van der Waals surface area contributed by atoms with E-state index < -0.39 is 24.3 Å². The van der Waals surface area contributed by atoms with E-state index in [-0.39, 0.29) is 0 Å². The van der Waals surface area contributed by atoms with Gasteiger partial charge in [0, 0.05) is 12.1 Å². The largest absolute Gasteiger partial charge is 0.497 e. The first kappa shape index (κ1) is 19.0. The van der Waals surface area contributed by atoms with Gasteiger partial charge in [0.15, 0.2) is 6.61 Å². The molecule has 0 unspecified atom stereocenters. The van der Waals surface area contributed by atoms with Gasteiger partial charge in [0.05, 0.1) is 19.9 Å². The van der Waals surface area contributed by atoms with Gasteiger partial charge in [-0.25, -0.2) is 9.18 Å². The fourth-order valence-electron chi connectivity index (χ4n) is 2.05. The summed E-state index contributed by atoms with van der Waals surface area (Å²) in [6.07, 6.45) is 2.52. The van der Waals surface area contributed by atoms with Gasteiger partial charge in [-0.15, -0.1) is 0 Å². The molecule has 0 aliphatic carbocycles. The predicted octanol–water partition coefficient (Wildman–Crippen LogP) is 3.04. The molecule has 7 heteroatoms. The number of rotatable bonds is 7. The predicted molar refractivity (Wildman–Crippen MR) is 94.6 cm³/mol. The van der Waals surface area contributed by atoms with Gasteiger partial charge in [0.1, 0.15) is 17.3 Å². The first-order valence-corrected chi connectivity index (χ1v) is 7.64. The minimum Gasteiger partial charge on any atom is -0.497 e. The molecular weight excluding hydrogens is 341 g/mol. The molecule has 6 nitrogen and oxygen atoms in total. The summed E-state index contributed by atoms with van der Waals surface area (Å²) >= 11 is 0. The highest BCUT2D eigenvalue weighted by atomic mass is 19.1. The molecule has 2 aromatic rings. The lowest BCUT2D eigenvalue weighted by molar-refractivity contribution is -0.142. The maximum Gasteiger partial charge on any atom is 0.331 e. The number of hydrogen-bond acceptors (Lipinski definition) is 5. The molecule has 0 aliphatic heterocycles. The number of esters is 1. The molecule has 0 atom stereocenters. The van der Waals surface area contributed by atoms with E-state index in [4.69, 9.17) is 14.2 Å². The van der Waals surface area contributed by atoms with Gasteiger partial charge in [-0.2, -0.15) is 0 Å². The van der Waals surface area contributed by atoms with Crippen molar-refractivity contribution >= 4 is 23.6 Å². The Morgan fingerprint density at radius 3 is 2.62 bits per heavy atom. The standard InChI is InChI=1S/C19H18FNO5/c1-24-15-7-8-16(17(11-15)25-2)21-18(22)12-26-19(23)9-6-13-4-3-5-14(20)10-13/h3-11H,12H2,1-2H3,(H,21,22)/b9-6+. The summed E-state index contributed by atoms with van der Waals surface area (Å²) in [5.74, 6) is -0.663. The number of anilines is 1. The summed E-state index contributed by atoms with van der Waals surface area (Å²) in [7, 11) is 2.98. The SMILES string of the molecule is COc1ccc(NC(=O)COC(=O)/C=C/c2cccc(F)c2)c(OC)c1. The second kappa shape index (κ2) is 9.22. The number of halogens is 1. The molecule has 136 valence electrons. The lowest BCUT2D eigenvalue weighted by Crippen LogP contribution is -2.20. The fourth-order valence-corrected chi connectivity index (χ4v) is 2.05. The molecule has 0 fully saturated rings. The molecule has 0 saturated carbocycles. The van der Waals surface area contributed by atoms with Gasteiger partial charge in [-0.05, 0) is 35.9 Å². The van der Waals surface area contributed by atoms with Gasteiger partial charge in [-0.3, -0.25) is 4.79 Å². The Morgan fingerprint density at radius 2 is 1.92 bits per heavy atom. The molecule has 26 heavy (non-hydrogen) atoms. The number of ether oxygens (including phenoxy) is 3. The van der Waals surface area contributed by atoms with Crippen molar-refractivity contribution in [1.29, 1.82) is 0 Å². The molecule has 0 spiro atoms. The molecule has 0 aromatic heterocycles. The van der Waals surface area contributed by atoms with Crippen molar-refractivity contribution in [1.82, 2.24) is 0 Å². The number of methoxy groups -OCH3 is 2. The maximum absolute atomic E-state index is 13.0. The highest BCUT2D eigenvalue weighted by Gasteiger charge is 2.10. The molecule has 2 aromatic carbocycles. The highest BCUT2D eigenvalue weighted by molar-refractivity contribution is 5.95. The lowest BCUT2D eigenvalue weighted by atomic mass is 10.2. The second-order valence-electron chi connectivity index (χ2n) is 5.11. The van der Waals surface area contributed by atoms with Crippen LogP contribution in [0.4, 0.5) is 10.1 Å². The lowest BCUT2D eigenvalue weighted by Gasteiger charge is -2.11. The van der Waals surface area contributed by atoms with Crippen LogP contribution in [0.1, 0.15) is 5.56 Å². The zero-order valence-electron chi connectivity index (χ0n) is 14.3. The van der Waals surface area contributed by atoms with Crippen LogP contribution in [0.2, 0.25) is 0 Å². The molecule has 2 rings (SSSR count). The average Bonchev–Trinajstić information content (AvgIpc) is 2.65. The summed E-state index contributed by atoms with van der Waals surface area (Å²) in [4.78, 5) is 23.6. The summed E-state index contributed by atoms with van der Waals surface area (Å²) < 4.78 is 28.1. The number of carbonyl (C=O) groups excluding carboxylic acids is 2. The first-order chi connectivity index (χ1) is 12.5. The second-order valence-corrected chi connectivity index (χ2v) is 5.11. The molecule has 0 heterocycles. The Kier molecular flexibility index (Phi) is 6.73. The molecule has 1 amide bonds. The Morgan fingerprint density at radius 1 is 1.12 bits per heavy atom. The zero-order valence-corrected chi connectivity index (χ0v) is 14.3. The Labute approximate surface area is 150 Å². The van der Waals surface area contributed by atoms with Crippen LogP contribution in [0.3, 0.4) is 0 Å². The monoisotopic (exact) mass is 359 g/mol. The van der Waals surface area contributed by atoms with Crippen LogP contribution in [-0.4, -0.2) is 32.7 Å². The number of amides is 1. The van der Waals surface area contributed by atoms with E-state index in [0.29, 0.717) is 22.7 Å². The minimum atomic E-state index is -0.717. The van der Waals surface area contributed by atoms with Gasteiger partial charge in [-0.1, -0.05) is 12.1 Å². The average molecular weight is 359 g/mol. The van der Waals surface area contributed by atoms with Crippen molar-refractivity contribution in [2.45, 2.75) is 0 Å². The third-order valence-corrected chi connectivity index (χ3v) is 3.29. The van der Waals surface area contributed by atoms with Gasteiger partial charge >= 0.3 is 5.97 Å². The summed E-state index contributed by atoms with van der Waals surface area (Å²) in [5, 5.41) is 2.58. The quantitative estimate of drug-likeness (QED) is 0.608. The number of nitrogens with one attached hydrogen (secondary N) is 1. The van der Waals surface area contributed by atoms with Gasteiger partial charge < -0.3 is 19.5 Å². The van der Waals surface area contributed by atoms with Gasteiger partial charge in [0.2, 0.25) is 0 Å². The molecule has 0 aliphatic rings. The molecule has 0 bridgehead atoms. The van der Waals surface area contributed by atoms with Crippen LogP contribution in [0.5, 0.6) is 11.5 Å². The van der Waals surface area contributed by atoms with Crippen LogP contribution < -0.4 is 14.8 Å². The topological polar surface area (TPSA) is 73.9 Å². The number of carbonyl (C=O) groups is 2. The van der Waals surface area contributed by atoms with Crippen molar-refractivity contribution in [2.75, 3.05) is 26.1 Å².